The van der Waals surface area contributed by atoms with Gasteiger partial charge in [-0.1, -0.05) is 0 Å². The molecule has 7 nitrogen and oxygen atoms in total. The van der Waals surface area contributed by atoms with Crippen molar-refractivity contribution in [3.63, 3.8) is 0 Å². The molecule has 1 aromatic rings. The lowest BCUT2D eigenvalue weighted by Gasteiger charge is -2.21. The Hall–Kier alpha value is -2.02. The first kappa shape index (κ1) is 13.4. The van der Waals surface area contributed by atoms with E-state index >= 15 is 0 Å². The molecule has 1 aliphatic rings. The van der Waals surface area contributed by atoms with Crippen LogP contribution in [0.5, 0.6) is 0 Å². The molecule has 2 atom stereocenters. The van der Waals surface area contributed by atoms with Crippen LogP contribution >= 0.6 is 0 Å². The number of aryl methyl sites for hydroxylation is 1. The Balaban J connectivity index is 2.27. The number of aliphatic carboxylic acids is 1. The van der Waals surface area contributed by atoms with E-state index in [1.165, 1.54) is 24.5 Å². The van der Waals surface area contributed by atoms with Crippen LogP contribution in [0, 0.1) is 6.92 Å². The van der Waals surface area contributed by atoms with Gasteiger partial charge in [0.15, 0.2) is 0 Å². The molecule has 0 aliphatic carbocycles. The molecular formula is C12H15N3O4. The van der Waals surface area contributed by atoms with Crippen LogP contribution in [0.25, 0.3) is 0 Å². The van der Waals surface area contributed by atoms with E-state index in [0.29, 0.717) is 17.7 Å². The van der Waals surface area contributed by atoms with E-state index in [9.17, 15) is 14.7 Å². The topological polar surface area (TPSA) is 92.6 Å². The first-order valence-electron chi connectivity index (χ1n) is 5.87. The van der Waals surface area contributed by atoms with Crippen molar-refractivity contribution >= 4 is 11.9 Å². The highest BCUT2D eigenvalue weighted by Gasteiger charge is 2.40. The molecule has 0 saturated carbocycles. The number of hydrogen-bond donors (Lipinski definition) is 1. The second-order valence-electron chi connectivity index (χ2n) is 4.43. The minimum Gasteiger partial charge on any atom is -0.480 e. The number of likely N-dealkylation sites (tertiary alicyclic amines) is 1. The van der Waals surface area contributed by atoms with Gasteiger partial charge >= 0.3 is 5.97 Å². The van der Waals surface area contributed by atoms with Gasteiger partial charge < -0.3 is 14.7 Å². The van der Waals surface area contributed by atoms with Gasteiger partial charge in [0.1, 0.15) is 12.4 Å². The van der Waals surface area contributed by atoms with Crippen molar-refractivity contribution < 1.29 is 19.4 Å². The second-order valence-corrected chi connectivity index (χ2v) is 4.43. The number of carbonyl (C=O) groups is 2. The predicted octanol–water partition coefficient (Wildman–Crippen LogP) is 0.0991. The molecule has 102 valence electrons. The molecule has 2 heterocycles. The van der Waals surface area contributed by atoms with Gasteiger partial charge in [-0.25, -0.2) is 14.8 Å². The third kappa shape index (κ3) is 2.55. The Morgan fingerprint density at radius 1 is 1.53 bits per heavy atom. The van der Waals surface area contributed by atoms with Crippen LogP contribution < -0.4 is 0 Å². The summed E-state index contributed by atoms with van der Waals surface area (Å²) in [4.78, 5) is 32.6. The summed E-state index contributed by atoms with van der Waals surface area (Å²) in [5.74, 6) is -1.40. The smallest absolute Gasteiger partial charge is 0.326 e. The van der Waals surface area contributed by atoms with E-state index in [1.54, 1.807) is 6.92 Å². The quantitative estimate of drug-likeness (QED) is 0.833. The minimum atomic E-state index is -1.03. The first-order chi connectivity index (χ1) is 9.04. The zero-order valence-electron chi connectivity index (χ0n) is 10.7. The van der Waals surface area contributed by atoms with Crippen molar-refractivity contribution in [2.75, 3.05) is 13.7 Å². The van der Waals surface area contributed by atoms with E-state index in [-0.39, 0.29) is 18.6 Å². The van der Waals surface area contributed by atoms with Crippen molar-refractivity contribution in [2.45, 2.75) is 25.5 Å². The molecule has 2 unspecified atom stereocenters. The standard InChI is InChI=1S/C12H15N3O4/c1-7-9(4-13-6-14-7)11(16)15-5-8(19-2)3-10(15)12(17)18/h4,6,8,10H,3,5H2,1-2H3,(H,17,18). The SMILES string of the molecule is COC1CC(C(=O)O)N(C(=O)c2cncnc2C)C1. The average Bonchev–Trinajstić information content (AvgIpc) is 2.83. The van der Waals surface area contributed by atoms with Crippen molar-refractivity contribution in [3.8, 4) is 0 Å². The van der Waals surface area contributed by atoms with Crippen LogP contribution in [0.4, 0.5) is 0 Å². The summed E-state index contributed by atoms with van der Waals surface area (Å²) in [6.07, 6.45) is 2.80. The van der Waals surface area contributed by atoms with E-state index < -0.39 is 12.0 Å². The maximum Gasteiger partial charge on any atom is 0.326 e. The van der Waals surface area contributed by atoms with Crippen LogP contribution in [0.3, 0.4) is 0 Å². The first-order valence-corrected chi connectivity index (χ1v) is 5.87. The number of rotatable bonds is 3. The number of hydrogen-bond acceptors (Lipinski definition) is 5. The molecule has 1 fully saturated rings. The molecular weight excluding hydrogens is 250 g/mol. The maximum atomic E-state index is 12.4. The zero-order chi connectivity index (χ0) is 14.0. The number of methoxy groups -OCH3 is 1. The van der Waals surface area contributed by atoms with Gasteiger partial charge in [-0.2, -0.15) is 0 Å². The fourth-order valence-corrected chi connectivity index (χ4v) is 2.18. The van der Waals surface area contributed by atoms with Crippen LogP contribution in [-0.4, -0.2) is 57.7 Å². The number of carboxylic acids is 1. The maximum absolute atomic E-state index is 12.4. The van der Waals surface area contributed by atoms with Gasteiger partial charge in [0, 0.05) is 26.3 Å². The number of amides is 1. The molecule has 0 spiro atoms. The number of carbonyl (C=O) groups excluding carboxylic acids is 1. The highest BCUT2D eigenvalue weighted by molar-refractivity contribution is 5.97. The summed E-state index contributed by atoms with van der Waals surface area (Å²) in [5.41, 5.74) is 0.857. The summed E-state index contributed by atoms with van der Waals surface area (Å²) in [5, 5.41) is 9.18. The summed E-state index contributed by atoms with van der Waals surface area (Å²) >= 11 is 0. The van der Waals surface area contributed by atoms with Gasteiger partial charge in [0.05, 0.1) is 17.4 Å². The molecule has 1 N–H and O–H groups in total. The summed E-state index contributed by atoms with van der Waals surface area (Å²) < 4.78 is 5.15. The average molecular weight is 265 g/mol. The lowest BCUT2D eigenvalue weighted by Crippen LogP contribution is -2.41. The lowest BCUT2D eigenvalue weighted by molar-refractivity contribution is -0.141. The van der Waals surface area contributed by atoms with E-state index in [4.69, 9.17) is 4.74 Å². The van der Waals surface area contributed by atoms with Gasteiger partial charge in [-0.05, 0) is 6.92 Å². The Labute approximate surface area is 110 Å². The van der Waals surface area contributed by atoms with Crippen LogP contribution in [0.1, 0.15) is 22.5 Å². The summed E-state index contributed by atoms with van der Waals surface area (Å²) in [7, 11) is 1.51. The molecule has 19 heavy (non-hydrogen) atoms. The van der Waals surface area contributed by atoms with E-state index in [0.717, 1.165) is 0 Å². The molecule has 0 bridgehead atoms. The monoisotopic (exact) mass is 265 g/mol. The molecule has 1 aliphatic heterocycles. The van der Waals surface area contributed by atoms with E-state index in [2.05, 4.69) is 9.97 Å². The number of ether oxygens (including phenoxy) is 1. The molecule has 1 amide bonds. The van der Waals surface area contributed by atoms with Crippen molar-refractivity contribution in [1.82, 2.24) is 14.9 Å². The molecule has 1 saturated heterocycles. The van der Waals surface area contributed by atoms with Gasteiger partial charge in [-0.15, -0.1) is 0 Å². The molecule has 0 radical (unpaired) electrons. The largest absolute Gasteiger partial charge is 0.480 e. The van der Waals surface area contributed by atoms with Crippen molar-refractivity contribution in [2.24, 2.45) is 0 Å². The lowest BCUT2D eigenvalue weighted by atomic mass is 10.1. The highest BCUT2D eigenvalue weighted by atomic mass is 16.5. The number of carboxylic acid groups (broad SMARTS) is 1. The van der Waals surface area contributed by atoms with E-state index in [1.807, 2.05) is 0 Å². The van der Waals surface area contributed by atoms with Crippen LogP contribution in [0.15, 0.2) is 12.5 Å². The molecule has 2 rings (SSSR count). The number of nitrogens with zero attached hydrogens (tertiary/aromatic N) is 3. The third-order valence-corrected chi connectivity index (χ3v) is 3.28. The van der Waals surface area contributed by atoms with Crippen LogP contribution in [-0.2, 0) is 9.53 Å². The Bertz CT molecular complexity index is 506. The molecule has 1 aromatic heterocycles. The predicted molar refractivity (Wildman–Crippen MR) is 64.6 cm³/mol. The Kier molecular flexibility index (Phi) is 3.75. The van der Waals surface area contributed by atoms with Crippen LogP contribution in [0.2, 0.25) is 0 Å². The summed E-state index contributed by atoms with van der Waals surface area (Å²) in [6, 6.07) is -0.864. The highest BCUT2D eigenvalue weighted by Crippen LogP contribution is 2.23. The molecule has 0 aromatic carbocycles. The van der Waals surface area contributed by atoms with Crippen molar-refractivity contribution in [1.29, 1.82) is 0 Å². The fraction of sp³-hybridized carbons (Fsp3) is 0.500. The van der Waals surface area contributed by atoms with Gasteiger partial charge in [0.25, 0.3) is 5.91 Å². The van der Waals surface area contributed by atoms with Crippen molar-refractivity contribution in [3.05, 3.63) is 23.8 Å². The van der Waals surface area contributed by atoms with Gasteiger partial charge in [0.2, 0.25) is 0 Å². The summed E-state index contributed by atoms with van der Waals surface area (Å²) in [6.45, 7) is 1.95. The normalized spacial score (nSPS) is 22.5. The second kappa shape index (κ2) is 5.31. The zero-order valence-corrected chi connectivity index (χ0v) is 10.7. The van der Waals surface area contributed by atoms with Gasteiger partial charge in [-0.3, -0.25) is 4.79 Å². The minimum absolute atomic E-state index is 0.255. The fourth-order valence-electron chi connectivity index (χ4n) is 2.18. The molecule has 7 heteroatoms. The third-order valence-electron chi connectivity index (χ3n) is 3.28. The Morgan fingerprint density at radius 2 is 2.26 bits per heavy atom. The number of aromatic nitrogens is 2. The Morgan fingerprint density at radius 3 is 2.84 bits per heavy atom.